The van der Waals surface area contributed by atoms with Crippen molar-refractivity contribution in [1.82, 2.24) is 0 Å². The van der Waals surface area contributed by atoms with Crippen molar-refractivity contribution in [2.45, 2.75) is 64.7 Å². The molecular weight excluding hydrogens is 214 g/mol. The lowest BCUT2D eigenvalue weighted by atomic mass is 10.1. The predicted octanol–water partition coefficient (Wildman–Crippen LogP) is 3.13. The van der Waals surface area contributed by atoms with Crippen LogP contribution in [0.5, 0.6) is 0 Å². The summed E-state index contributed by atoms with van der Waals surface area (Å²) < 4.78 is 0. The van der Waals surface area contributed by atoms with E-state index in [1.54, 1.807) is 0 Å². The average Bonchev–Trinajstić information content (AvgIpc) is 2.27. The molecule has 0 unspecified atom stereocenters. The Bertz CT molecular complexity index is 247. The van der Waals surface area contributed by atoms with Gasteiger partial charge in [0.15, 0.2) is 0 Å². The lowest BCUT2D eigenvalue weighted by Crippen LogP contribution is -2.10. The van der Waals surface area contributed by atoms with E-state index >= 15 is 0 Å². The van der Waals surface area contributed by atoms with Gasteiger partial charge in [-0.25, -0.2) is 0 Å². The molecule has 0 radical (unpaired) electrons. The first kappa shape index (κ1) is 15.9. The highest BCUT2D eigenvalue weighted by Crippen LogP contribution is 2.05. The van der Waals surface area contributed by atoms with Gasteiger partial charge in [0.25, 0.3) is 0 Å². The number of Topliss-reactive ketones (excluding diaryl/α,β-unsaturated/α-hetero) is 1. The third-order valence-corrected chi connectivity index (χ3v) is 2.60. The maximum Gasteiger partial charge on any atom is 0.217 e. The molecule has 3 heteroatoms. The van der Waals surface area contributed by atoms with E-state index in [1.807, 2.05) is 0 Å². The highest BCUT2D eigenvalue weighted by atomic mass is 16.1. The summed E-state index contributed by atoms with van der Waals surface area (Å²) in [6, 6.07) is 0. The Balaban J connectivity index is 3.33. The van der Waals surface area contributed by atoms with E-state index < -0.39 is 0 Å². The summed E-state index contributed by atoms with van der Waals surface area (Å²) in [4.78, 5) is 21.9. The SMILES string of the molecule is CCCC/C=C/CCCC(=O)CCCC(N)=O. The summed E-state index contributed by atoms with van der Waals surface area (Å²) in [5, 5.41) is 0. The van der Waals surface area contributed by atoms with Gasteiger partial charge in [-0.2, -0.15) is 0 Å². The number of unbranched alkanes of at least 4 members (excludes halogenated alkanes) is 3. The molecule has 0 aliphatic carbocycles. The molecule has 0 aromatic heterocycles. The minimum absolute atomic E-state index is 0.244. The lowest BCUT2D eigenvalue weighted by Gasteiger charge is -1.98. The van der Waals surface area contributed by atoms with Gasteiger partial charge in [0.05, 0.1) is 0 Å². The Morgan fingerprint density at radius 1 is 0.941 bits per heavy atom. The summed E-state index contributed by atoms with van der Waals surface area (Å²) in [7, 11) is 0. The first-order chi connectivity index (χ1) is 8.16. The first-order valence-corrected chi connectivity index (χ1v) is 6.61. The zero-order valence-electron chi connectivity index (χ0n) is 10.9. The molecule has 17 heavy (non-hydrogen) atoms. The molecule has 0 heterocycles. The quantitative estimate of drug-likeness (QED) is 0.445. The van der Waals surface area contributed by atoms with Crippen LogP contribution in [-0.4, -0.2) is 11.7 Å². The topological polar surface area (TPSA) is 60.2 Å². The zero-order chi connectivity index (χ0) is 12.9. The number of amides is 1. The van der Waals surface area contributed by atoms with Gasteiger partial charge in [-0.05, 0) is 25.7 Å². The number of nitrogens with two attached hydrogens (primary N) is 1. The molecule has 0 saturated heterocycles. The van der Waals surface area contributed by atoms with Crippen LogP contribution in [0.4, 0.5) is 0 Å². The number of ketones is 1. The Kier molecular flexibility index (Phi) is 10.6. The Hall–Kier alpha value is -1.12. The monoisotopic (exact) mass is 239 g/mol. The second-order valence-electron chi connectivity index (χ2n) is 4.36. The van der Waals surface area contributed by atoms with E-state index in [-0.39, 0.29) is 11.7 Å². The van der Waals surface area contributed by atoms with E-state index in [1.165, 1.54) is 12.8 Å². The van der Waals surface area contributed by atoms with Crippen molar-refractivity contribution >= 4 is 11.7 Å². The van der Waals surface area contributed by atoms with E-state index in [0.29, 0.717) is 25.7 Å². The van der Waals surface area contributed by atoms with Crippen molar-refractivity contribution in [3.63, 3.8) is 0 Å². The first-order valence-electron chi connectivity index (χ1n) is 6.61. The third-order valence-electron chi connectivity index (χ3n) is 2.60. The minimum atomic E-state index is -0.323. The van der Waals surface area contributed by atoms with Gasteiger partial charge in [0.1, 0.15) is 5.78 Å². The molecule has 0 bridgehead atoms. The average molecular weight is 239 g/mol. The Labute approximate surface area is 104 Å². The normalized spacial score (nSPS) is 10.9. The van der Waals surface area contributed by atoms with Gasteiger partial charge >= 0.3 is 0 Å². The molecule has 0 atom stereocenters. The van der Waals surface area contributed by atoms with E-state index in [2.05, 4.69) is 19.1 Å². The number of hydrogen-bond donors (Lipinski definition) is 1. The fraction of sp³-hybridized carbons (Fsp3) is 0.714. The summed E-state index contributed by atoms with van der Waals surface area (Å²) in [5.41, 5.74) is 5.00. The highest BCUT2D eigenvalue weighted by Gasteiger charge is 2.02. The smallest absolute Gasteiger partial charge is 0.217 e. The molecule has 0 fully saturated rings. The van der Waals surface area contributed by atoms with Crippen molar-refractivity contribution in [3.05, 3.63) is 12.2 Å². The van der Waals surface area contributed by atoms with Gasteiger partial charge in [-0.3, -0.25) is 9.59 Å². The molecule has 0 aliphatic rings. The number of carbonyl (C=O) groups is 2. The number of rotatable bonds is 11. The van der Waals surface area contributed by atoms with Crippen molar-refractivity contribution < 1.29 is 9.59 Å². The van der Waals surface area contributed by atoms with Crippen LogP contribution in [-0.2, 0) is 9.59 Å². The van der Waals surface area contributed by atoms with Gasteiger partial charge in [0, 0.05) is 19.3 Å². The van der Waals surface area contributed by atoms with Crippen LogP contribution < -0.4 is 5.73 Å². The molecule has 0 aromatic carbocycles. The van der Waals surface area contributed by atoms with Crippen molar-refractivity contribution in [2.75, 3.05) is 0 Å². The molecule has 0 aliphatic heterocycles. The number of carbonyl (C=O) groups excluding carboxylic acids is 2. The summed E-state index contributed by atoms with van der Waals surface area (Å²) in [5.74, 6) is -0.0788. The summed E-state index contributed by atoms with van der Waals surface area (Å²) in [6.45, 7) is 2.18. The van der Waals surface area contributed by atoms with Gasteiger partial charge in [0.2, 0.25) is 5.91 Å². The van der Waals surface area contributed by atoms with Crippen LogP contribution >= 0.6 is 0 Å². The van der Waals surface area contributed by atoms with Crippen LogP contribution in [0, 0.1) is 0 Å². The maximum absolute atomic E-state index is 11.4. The minimum Gasteiger partial charge on any atom is -0.370 e. The molecule has 2 N–H and O–H groups in total. The van der Waals surface area contributed by atoms with Crippen molar-refractivity contribution in [1.29, 1.82) is 0 Å². The van der Waals surface area contributed by atoms with Gasteiger partial charge in [-0.15, -0.1) is 0 Å². The van der Waals surface area contributed by atoms with Crippen LogP contribution in [0.3, 0.4) is 0 Å². The Morgan fingerprint density at radius 3 is 2.12 bits per heavy atom. The molecule has 0 aromatic rings. The third kappa shape index (κ3) is 12.8. The molecule has 0 spiro atoms. The molecule has 0 saturated carbocycles. The van der Waals surface area contributed by atoms with Crippen molar-refractivity contribution in [2.24, 2.45) is 5.73 Å². The fourth-order valence-corrected chi connectivity index (χ4v) is 1.56. The van der Waals surface area contributed by atoms with Crippen molar-refractivity contribution in [3.8, 4) is 0 Å². The molecule has 0 rings (SSSR count). The second kappa shape index (κ2) is 11.4. The number of allylic oxidation sites excluding steroid dienone is 2. The highest BCUT2D eigenvalue weighted by molar-refractivity contribution is 5.79. The summed E-state index contributed by atoms with van der Waals surface area (Å²) >= 11 is 0. The van der Waals surface area contributed by atoms with E-state index in [0.717, 1.165) is 19.3 Å². The van der Waals surface area contributed by atoms with E-state index in [9.17, 15) is 9.59 Å². The maximum atomic E-state index is 11.4. The van der Waals surface area contributed by atoms with Crippen LogP contribution in [0.2, 0.25) is 0 Å². The van der Waals surface area contributed by atoms with Crippen LogP contribution in [0.1, 0.15) is 64.7 Å². The van der Waals surface area contributed by atoms with E-state index in [4.69, 9.17) is 5.73 Å². The lowest BCUT2D eigenvalue weighted by molar-refractivity contribution is -0.120. The van der Waals surface area contributed by atoms with Gasteiger partial charge in [-0.1, -0.05) is 31.9 Å². The summed E-state index contributed by atoms with van der Waals surface area (Å²) in [6.07, 6.45) is 11.9. The zero-order valence-corrected chi connectivity index (χ0v) is 10.9. The van der Waals surface area contributed by atoms with Crippen LogP contribution in [0.15, 0.2) is 12.2 Å². The number of primary amides is 1. The second-order valence-corrected chi connectivity index (χ2v) is 4.36. The molecule has 98 valence electrons. The molecule has 1 amide bonds. The largest absolute Gasteiger partial charge is 0.370 e. The number of hydrogen-bond acceptors (Lipinski definition) is 2. The predicted molar refractivity (Wildman–Crippen MR) is 70.6 cm³/mol. The molecular formula is C14H25NO2. The standard InChI is InChI=1S/C14H25NO2/c1-2-3-4-5-6-7-8-10-13(16)11-9-12-14(15)17/h5-6H,2-4,7-12H2,1H3,(H2,15,17)/b6-5+. The van der Waals surface area contributed by atoms with Crippen LogP contribution in [0.25, 0.3) is 0 Å². The van der Waals surface area contributed by atoms with Gasteiger partial charge < -0.3 is 5.73 Å². The fourth-order valence-electron chi connectivity index (χ4n) is 1.56. The molecule has 3 nitrogen and oxygen atoms in total. The Morgan fingerprint density at radius 2 is 1.53 bits per heavy atom.